The fourth-order valence-corrected chi connectivity index (χ4v) is 5.03. The first-order valence-corrected chi connectivity index (χ1v) is 11.7. The zero-order chi connectivity index (χ0) is 20.4. The van der Waals surface area contributed by atoms with E-state index in [4.69, 9.17) is 4.74 Å². The standard InChI is InChI=1S/C26H42O2/c1-6-7-8-9-10-17-28-23-19-21-20(24(2,3)11-12-25(21,4)5)18-22(23)26(13-14-26)15-16-27/h18-19,27H,6-17H2,1-5H3. The molecule has 0 spiro atoms. The van der Waals surface area contributed by atoms with Crippen molar-refractivity contribution in [2.75, 3.05) is 13.2 Å². The molecule has 0 saturated heterocycles. The monoisotopic (exact) mass is 386 g/mol. The molecule has 1 N–H and O–H groups in total. The van der Waals surface area contributed by atoms with E-state index in [0.717, 1.165) is 25.2 Å². The largest absolute Gasteiger partial charge is 0.493 e. The quantitative estimate of drug-likeness (QED) is 0.448. The minimum absolute atomic E-state index is 0.152. The van der Waals surface area contributed by atoms with Crippen LogP contribution in [0.4, 0.5) is 0 Å². The van der Waals surface area contributed by atoms with Crippen molar-refractivity contribution < 1.29 is 9.84 Å². The predicted octanol–water partition coefficient (Wildman–Crippen LogP) is 6.80. The summed E-state index contributed by atoms with van der Waals surface area (Å²) in [6.45, 7) is 12.9. The van der Waals surface area contributed by atoms with E-state index >= 15 is 0 Å². The first kappa shape index (κ1) is 21.7. The molecule has 0 unspecified atom stereocenters. The first-order valence-electron chi connectivity index (χ1n) is 11.7. The summed E-state index contributed by atoms with van der Waals surface area (Å²) in [5.74, 6) is 1.10. The molecule has 1 saturated carbocycles. The fraction of sp³-hybridized carbons (Fsp3) is 0.769. The van der Waals surface area contributed by atoms with Crippen molar-refractivity contribution in [2.45, 2.75) is 115 Å². The average molecular weight is 387 g/mol. The van der Waals surface area contributed by atoms with Gasteiger partial charge in [-0.2, -0.15) is 0 Å². The van der Waals surface area contributed by atoms with E-state index in [1.54, 1.807) is 0 Å². The van der Waals surface area contributed by atoms with Crippen LogP contribution in [0.15, 0.2) is 12.1 Å². The van der Waals surface area contributed by atoms with Crippen molar-refractivity contribution >= 4 is 0 Å². The van der Waals surface area contributed by atoms with E-state index < -0.39 is 0 Å². The maximum Gasteiger partial charge on any atom is 0.123 e. The molecule has 2 heteroatoms. The lowest BCUT2D eigenvalue weighted by Gasteiger charge is -2.42. The molecule has 2 nitrogen and oxygen atoms in total. The van der Waals surface area contributed by atoms with Gasteiger partial charge in [-0.25, -0.2) is 0 Å². The molecular weight excluding hydrogens is 344 g/mol. The van der Waals surface area contributed by atoms with Gasteiger partial charge in [-0.05, 0) is 66.5 Å². The molecule has 158 valence electrons. The number of aliphatic hydroxyl groups is 1. The molecule has 1 aromatic carbocycles. The van der Waals surface area contributed by atoms with Gasteiger partial charge in [-0.3, -0.25) is 0 Å². The van der Waals surface area contributed by atoms with Crippen LogP contribution in [0.3, 0.4) is 0 Å². The molecule has 0 aromatic heterocycles. The fourth-order valence-electron chi connectivity index (χ4n) is 5.03. The Bertz CT molecular complexity index is 667. The normalized spacial score (nSPS) is 21.2. The van der Waals surface area contributed by atoms with Crippen LogP contribution in [-0.4, -0.2) is 18.3 Å². The molecule has 2 aliphatic carbocycles. The highest BCUT2D eigenvalue weighted by molar-refractivity contribution is 5.54. The van der Waals surface area contributed by atoms with Gasteiger partial charge in [0.25, 0.3) is 0 Å². The molecule has 0 heterocycles. The summed E-state index contributed by atoms with van der Waals surface area (Å²) in [7, 11) is 0. The topological polar surface area (TPSA) is 29.5 Å². The Morgan fingerprint density at radius 3 is 2.00 bits per heavy atom. The summed E-state index contributed by atoms with van der Waals surface area (Å²) in [4.78, 5) is 0. The van der Waals surface area contributed by atoms with Gasteiger partial charge in [0.15, 0.2) is 0 Å². The highest BCUT2D eigenvalue weighted by Gasteiger charge is 2.47. The molecule has 0 radical (unpaired) electrons. The molecule has 1 fully saturated rings. The van der Waals surface area contributed by atoms with Crippen molar-refractivity contribution in [2.24, 2.45) is 0 Å². The Kier molecular flexibility index (Phi) is 6.49. The summed E-state index contributed by atoms with van der Waals surface area (Å²) >= 11 is 0. The first-order chi connectivity index (χ1) is 13.3. The van der Waals surface area contributed by atoms with E-state index in [1.807, 2.05) is 0 Å². The zero-order valence-electron chi connectivity index (χ0n) is 19.0. The number of hydrogen-bond acceptors (Lipinski definition) is 2. The van der Waals surface area contributed by atoms with Crippen LogP contribution in [0.25, 0.3) is 0 Å². The Morgan fingerprint density at radius 1 is 0.821 bits per heavy atom. The lowest BCUT2D eigenvalue weighted by Crippen LogP contribution is -2.34. The van der Waals surface area contributed by atoms with Crippen molar-refractivity contribution in [3.05, 3.63) is 28.8 Å². The molecule has 0 atom stereocenters. The van der Waals surface area contributed by atoms with Crippen LogP contribution in [0.1, 0.15) is 116 Å². The third-order valence-electron chi connectivity index (χ3n) is 7.47. The van der Waals surface area contributed by atoms with Crippen LogP contribution < -0.4 is 4.74 Å². The Labute approximate surface area is 173 Å². The summed E-state index contributed by atoms with van der Waals surface area (Å²) < 4.78 is 6.44. The van der Waals surface area contributed by atoms with Gasteiger partial charge in [0.2, 0.25) is 0 Å². The number of ether oxygens (including phenoxy) is 1. The SMILES string of the molecule is CCCCCCCOc1cc2c(cc1C1(CCO)CC1)C(C)(C)CCC2(C)C. The second-order valence-corrected chi connectivity index (χ2v) is 10.7. The number of benzene rings is 1. The van der Waals surface area contributed by atoms with E-state index in [2.05, 4.69) is 46.8 Å². The number of unbranched alkanes of at least 4 members (excludes halogenated alkanes) is 4. The van der Waals surface area contributed by atoms with Crippen molar-refractivity contribution in [3.63, 3.8) is 0 Å². The number of aliphatic hydroxyl groups excluding tert-OH is 1. The van der Waals surface area contributed by atoms with E-state index in [0.29, 0.717) is 0 Å². The van der Waals surface area contributed by atoms with Gasteiger partial charge >= 0.3 is 0 Å². The third kappa shape index (κ3) is 4.42. The molecule has 2 aliphatic rings. The van der Waals surface area contributed by atoms with Crippen LogP contribution in [0.5, 0.6) is 5.75 Å². The minimum Gasteiger partial charge on any atom is -0.493 e. The van der Waals surface area contributed by atoms with Crippen molar-refractivity contribution in [3.8, 4) is 5.75 Å². The lowest BCUT2D eigenvalue weighted by molar-refractivity contribution is 0.263. The van der Waals surface area contributed by atoms with Gasteiger partial charge in [-0.1, -0.05) is 66.4 Å². The summed E-state index contributed by atoms with van der Waals surface area (Å²) in [6, 6.07) is 4.86. The maximum atomic E-state index is 9.67. The highest BCUT2D eigenvalue weighted by atomic mass is 16.5. The van der Waals surface area contributed by atoms with Gasteiger partial charge in [0, 0.05) is 17.6 Å². The molecule has 0 amide bonds. The Hall–Kier alpha value is -1.02. The molecule has 0 aliphatic heterocycles. The Morgan fingerprint density at radius 2 is 1.43 bits per heavy atom. The number of rotatable bonds is 10. The van der Waals surface area contributed by atoms with Gasteiger partial charge in [-0.15, -0.1) is 0 Å². The van der Waals surface area contributed by atoms with E-state index in [9.17, 15) is 5.11 Å². The second kappa shape index (κ2) is 8.38. The predicted molar refractivity (Wildman–Crippen MR) is 119 cm³/mol. The minimum atomic E-state index is 0.152. The summed E-state index contributed by atoms with van der Waals surface area (Å²) in [5, 5.41) is 9.67. The van der Waals surface area contributed by atoms with E-state index in [-0.39, 0.29) is 22.9 Å². The Balaban J connectivity index is 1.91. The molecule has 0 bridgehead atoms. The molecule has 1 aromatic rings. The maximum absolute atomic E-state index is 9.67. The van der Waals surface area contributed by atoms with Crippen molar-refractivity contribution in [1.82, 2.24) is 0 Å². The second-order valence-electron chi connectivity index (χ2n) is 10.7. The molecular formula is C26H42O2. The average Bonchev–Trinajstić information content (AvgIpc) is 3.42. The van der Waals surface area contributed by atoms with Crippen LogP contribution in [0, 0.1) is 0 Å². The lowest BCUT2D eigenvalue weighted by atomic mass is 9.62. The highest BCUT2D eigenvalue weighted by Crippen LogP contribution is 2.56. The van der Waals surface area contributed by atoms with Gasteiger partial charge in [0.05, 0.1) is 6.61 Å². The molecule has 28 heavy (non-hydrogen) atoms. The van der Waals surface area contributed by atoms with Crippen LogP contribution in [-0.2, 0) is 16.2 Å². The van der Waals surface area contributed by atoms with Crippen LogP contribution in [0.2, 0.25) is 0 Å². The van der Waals surface area contributed by atoms with Crippen LogP contribution >= 0.6 is 0 Å². The summed E-state index contributed by atoms with van der Waals surface area (Å²) in [6.07, 6.45) is 12.0. The number of fused-ring (bicyclic) bond motifs is 1. The van der Waals surface area contributed by atoms with Gasteiger partial charge < -0.3 is 9.84 Å². The zero-order valence-corrected chi connectivity index (χ0v) is 19.0. The van der Waals surface area contributed by atoms with E-state index in [1.165, 1.54) is 68.1 Å². The molecule has 3 rings (SSSR count). The third-order valence-corrected chi connectivity index (χ3v) is 7.47. The number of hydrogen-bond donors (Lipinski definition) is 1. The summed E-state index contributed by atoms with van der Waals surface area (Å²) in [5.41, 5.74) is 4.94. The van der Waals surface area contributed by atoms with Gasteiger partial charge in [0.1, 0.15) is 5.75 Å². The smallest absolute Gasteiger partial charge is 0.123 e. The van der Waals surface area contributed by atoms with Crippen molar-refractivity contribution in [1.29, 1.82) is 0 Å².